The van der Waals surface area contributed by atoms with Crippen LogP contribution in [0.3, 0.4) is 0 Å². The molecule has 0 aliphatic rings. The standard InChI is InChI=1S/C17H20N2O2S/c1-2-13-5-3-6-15(11-13)19-16(20)7-4-9-18-17(21)14-8-10-22-12-14/h3,5-6,8,10-12H,2,4,7,9H2,1H3,(H,18,21)(H,19,20). The average Bonchev–Trinajstić information content (AvgIpc) is 3.06. The van der Waals surface area contributed by atoms with Crippen LogP contribution in [-0.2, 0) is 11.2 Å². The van der Waals surface area contributed by atoms with Crippen LogP contribution in [0.1, 0.15) is 35.7 Å². The quantitative estimate of drug-likeness (QED) is 0.769. The summed E-state index contributed by atoms with van der Waals surface area (Å²) in [6, 6.07) is 9.63. The molecule has 0 spiro atoms. The van der Waals surface area contributed by atoms with Crippen molar-refractivity contribution >= 4 is 28.8 Å². The van der Waals surface area contributed by atoms with Crippen LogP contribution in [0, 0.1) is 0 Å². The van der Waals surface area contributed by atoms with Gasteiger partial charge in [0.15, 0.2) is 0 Å². The molecule has 0 unspecified atom stereocenters. The van der Waals surface area contributed by atoms with E-state index in [9.17, 15) is 9.59 Å². The van der Waals surface area contributed by atoms with Gasteiger partial charge in [0.25, 0.3) is 5.91 Å². The van der Waals surface area contributed by atoms with Gasteiger partial charge in [-0.05, 0) is 42.0 Å². The van der Waals surface area contributed by atoms with Crippen LogP contribution in [-0.4, -0.2) is 18.4 Å². The number of rotatable bonds is 7. The van der Waals surface area contributed by atoms with Crippen molar-refractivity contribution in [3.8, 4) is 0 Å². The Kier molecular flexibility index (Phi) is 6.15. The second-order valence-electron chi connectivity index (χ2n) is 4.97. The van der Waals surface area contributed by atoms with Gasteiger partial charge >= 0.3 is 0 Å². The number of benzene rings is 1. The summed E-state index contributed by atoms with van der Waals surface area (Å²) < 4.78 is 0. The molecule has 0 fully saturated rings. The molecule has 0 radical (unpaired) electrons. The Morgan fingerprint density at radius 3 is 2.82 bits per heavy atom. The molecule has 4 nitrogen and oxygen atoms in total. The highest BCUT2D eigenvalue weighted by Gasteiger charge is 2.06. The van der Waals surface area contributed by atoms with E-state index in [0.29, 0.717) is 24.9 Å². The maximum atomic E-state index is 11.9. The second-order valence-corrected chi connectivity index (χ2v) is 5.75. The fourth-order valence-corrected chi connectivity index (χ4v) is 2.68. The summed E-state index contributed by atoms with van der Waals surface area (Å²) in [6.45, 7) is 2.58. The van der Waals surface area contributed by atoms with Gasteiger partial charge in [-0.15, -0.1) is 0 Å². The first-order valence-electron chi connectivity index (χ1n) is 7.38. The predicted octanol–water partition coefficient (Wildman–Crippen LogP) is 3.46. The summed E-state index contributed by atoms with van der Waals surface area (Å²) in [5, 5.41) is 9.37. The van der Waals surface area contributed by atoms with Gasteiger partial charge in [0, 0.05) is 29.6 Å². The molecule has 0 aliphatic carbocycles. The number of hydrogen-bond acceptors (Lipinski definition) is 3. The predicted molar refractivity (Wildman–Crippen MR) is 90.3 cm³/mol. The fraction of sp³-hybridized carbons (Fsp3) is 0.294. The lowest BCUT2D eigenvalue weighted by Crippen LogP contribution is -2.25. The van der Waals surface area contributed by atoms with E-state index in [2.05, 4.69) is 17.6 Å². The summed E-state index contributed by atoms with van der Waals surface area (Å²) in [7, 11) is 0. The van der Waals surface area contributed by atoms with E-state index in [0.717, 1.165) is 12.1 Å². The molecular formula is C17H20N2O2S. The normalized spacial score (nSPS) is 10.2. The van der Waals surface area contributed by atoms with Gasteiger partial charge < -0.3 is 10.6 Å². The molecule has 22 heavy (non-hydrogen) atoms. The number of anilines is 1. The van der Waals surface area contributed by atoms with Crippen molar-refractivity contribution in [2.24, 2.45) is 0 Å². The Bertz CT molecular complexity index is 623. The summed E-state index contributed by atoms with van der Waals surface area (Å²) >= 11 is 1.49. The zero-order valence-corrected chi connectivity index (χ0v) is 13.4. The van der Waals surface area contributed by atoms with Gasteiger partial charge in [-0.25, -0.2) is 0 Å². The Balaban J connectivity index is 1.68. The Morgan fingerprint density at radius 2 is 2.09 bits per heavy atom. The van der Waals surface area contributed by atoms with Gasteiger partial charge in [0.2, 0.25) is 5.91 Å². The third-order valence-electron chi connectivity index (χ3n) is 3.27. The maximum Gasteiger partial charge on any atom is 0.252 e. The smallest absolute Gasteiger partial charge is 0.252 e. The molecule has 0 saturated carbocycles. The highest BCUT2D eigenvalue weighted by Crippen LogP contribution is 2.11. The lowest BCUT2D eigenvalue weighted by molar-refractivity contribution is -0.116. The van der Waals surface area contributed by atoms with Crippen LogP contribution in [0.5, 0.6) is 0 Å². The average molecular weight is 316 g/mol. The van der Waals surface area contributed by atoms with Crippen LogP contribution < -0.4 is 10.6 Å². The monoisotopic (exact) mass is 316 g/mol. The minimum absolute atomic E-state index is 0.0296. The minimum Gasteiger partial charge on any atom is -0.352 e. The molecular weight excluding hydrogens is 296 g/mol. The first kappa shape index (κ1) is 16.2. The number of amides is 2. The van der Waals surface area contributed by atoms with E-state index >= 15 is 0 Å². The molecule has 5 heteroatoms. The highest BCUT2D eigenvalue weighted by molar-refractivity contribution is 7.08. The van der Waals surface area contributed by atoms with Crippen LogP contribution >= 0.6 is 11.3 Å². The highest BCUT2D eigenvalue weighted by atomic mass is 32.1. The van der Waals surface area contributed by atoms with Gasteiger partial charge in [0.1, 0.15) is 0 Å². The van der Waals surface area contributed by atoms with E-state index in [1.54, 1.807) is 6.07 Å². The largest absolute Gasteiger partial charge is 0.352 e. The van der Waals surface area contributed by atoms with E-state index in [1.165, 1.54) is 16.9 Å². The van der Waals surface area contributed by atoms with Crippen molar-refractivity contribution in [3.63, 3.8) is 0 Å². The van der Waals surface area contributed by atoms with Crippen LogP contribution in [0.15, 0.2) is 41.1 Å². The van der Waals surface area contributed by atoms with Crippen molar-refractivity contribution in [2.75, 3.05) is 11.9 Å². The SMILES string of the molecule is CCc1cccc(NC(=O)CCCNC(=O)c2ccsc2)c1. The molecule has 0 atom stereocenters. The Morgan fingerprint density at radius 1 is 1.23 bits per heavy atom. The van der Waals surface area contributed by atoms with Crippen molar-refractivity contribution in [3.05, 3.63) is 52.2 Å². The van der Waals surface area contributed by atoms with E-state index in [1.807, 2.05) is 35.0 Å². The Hall–Kier alpha value is -2.14. The van der Waals surface area contributed by atoms with Crippen molar-refractivity contribution < 1.29 is 9.59 Å². The first-order chi connectivity index (χ1) is 10.7. The van der Waals surface area contributed by atoms with Crippen molar-refractivity contribution in [2.45, 2.75) is 26.2 Å². The zero-order valence-electron chi connectivity index (χ0n) is 12.6. The van der Waals surface area contributed by atoms with Crippen molar-refractivity contribution in [1.29, 1.82) is 0 Å². The molecule has 0 aliphatic heterocycles. The number of nitrogens with one attached hydrogen (secondary N) is 2. The van der Waals surface area contributed by atoms with E-state index in [-0.39, 0.29) is 11.8 Å². The molecule has 1 aromatic heterocycles. The molecule has 1 aromatic carbocycles. The minimum atomic E-state index is -0.0858. The first-order valence-corrected chi connectivity index (χ1v) is 8.32. The van der Waals surface area contributed by atoms with Crippen molar-refractivity contribution in [1.82, 2.24) is 5.32 Å². The van der Waals surface area contributed by atoms with Gasteiger partial charge in [-0.1, -0.05) is 19.1 Å². The van der Waals surface area contributed by atoms with E-state index < -0.39 is 0 Å². The lowest BCUT2D eigenvalue weighted by atomic mass is 10.1. The molecule has 1 heterocycles. The second kappa shape index (κ2) is 8.34. The van der Waals surface area contributed by atoms with Gasteiger partial charge in [-0.3, -0.25) is 9.59 Å². The maximum absolute atomic E-state index is 11.9. The van der Waals surface area contributed by atoms with Crippen LogP contribution in [0.25, 0.3) is 0 Å². The molecule has 0 saturated heterocycles. The molecule has 2 rings (SSSR count). The third-order valence-corrected chi connectivity index (χ3v) is 3.95. The Labute approximate surface area is 134 Å². The lowest BCUT2D eigenvalue weighted by Gasteiger charge is -2.07. The summed E-state index contributed by atoms with van der Waals surface area (Å²) in [5.41, 5.74) is 2.69. The van der Waals surface area contributed by atoms with E-state index in [4.69, 9.17) is 0 Å². The molecule has 0 bridgehead atoms. The fourth-order valence-electron chi connectivity index (χ4n) is 2.04. The zero-order chi connectivity index (χ0) is 15.8. The number of carbonyl (C=O) groups is 2. The molecule has 2 N–H and O–H groups in total. The summed E-state index contributed by atoms with van der Waals surface area (Å²) in [6.07, 6.45) is 1.95. The van der Waals surface area contributed by atoms with Crippen LogP contribution in [0.2, 0.25) is 0 Å². The third kappa shape index (κ3) is 5.00. The summed E-state index contributed by atoms with van der Waals surface area (Å²) in [5.74, 6) is -0.115. The van der Waals surface area contributed by atoms with Gasteiger partial charge in [0.05, 0.1) is 0 Å². The topological polar surface area (TPSA) is 58.2 Å². The summed E-state index contributed by atoms with van der Waals surface area (Å²) in [4.78, 5) is 23.6. The molecule has 2 aromatic rings. The number of thiophene rings is 1. The number of aryl methyl sites for hydroxylation is 1. The number of hydrogen-bond donors (Lipinski definition) is 2. The molecule has 2 amide bonds. The van der Waals surface area contributed by atoms with Gasteiger partial charge in [-0.2, -0.15) is 11.3 Å². The molecule has 116 valence electrons. The van der Waals surface area contributed by atoms with Crippen LogP contribution in [0.4, 0.5) is 5.69 Å². The number of carbonyl (C=O) groups excluding carboxylic acids is 2.